The van der Waals surface area contributed by atoms with Gasteiger partial charge < -0.3 is 4.57 Å². The summed E-state index contributed by atoms with van der Waals surface area (Å²) in [5, 5.41) is 0.990. The van der Waals surface area contributed by atoms with E-state index in [1.165, 1.54) is 11.1 Å². The Morgan fingerprint density at radius 3 is 1.92 bits per heavy atom. The van der Waals surface area contributed by atoms with Gasteiger partial charge in [-0.3, -0.25) is 4.79 Å². The molecule has 0 atom stereocenters. The van der Waals surface area contributed by atoms with Crippen molar-refractivity contribution in [3.63, 3.8) is 0 Å². The van der Waals surface area contributed by atoms with Crippen molar-refractivity contribution in [1.82, 2.24) is 4.57 Å². The molecule has 0 saturated carbocycles. The molecule has 2 heteroatoms. The fraction of sp³-hybridized carbons (Fsp3) is 0.0455. The van der Waals surface area contributed by atoms with Crippen LogP contribution in [0.1, 0.15) is 27.5 Å². The number of carbonyl (C=O) groups excluding carboxylic acids is 1. The highest BCUT2D eigenvalue weighted by Crippen LogP contribution is 2.31. The average molecular weight is 311 g/mol. The number of nitrogens with zero attached hydrogens (tertiary/aromatic N) is 1. The number of aromatic nitrogens is 1. The van der Waals surface area contributed by atoms with Gasteiger partial charge in [-0.2, -0.15) is 0 Å². The molecule has 0 spiro atoms. The Morgan fingerprint density at radius 1 is 0.708 bits per heavy atom. The van der Waals surface area contributed by atoms with E-state index in [9.17, 15) is 4.79 Å². The Kier molecular flexibility index (Phi) is 3.72. The van der Waals surface area contributed by atoms with Gasteiger partial charge in [0.2, 0.25) is 0 Å². The Bertz CT molecular complexity index is 931. The van der Waals surface area contributed by atoms with Crippen LogP contribution in [-0.4, -0.2) is 10.9 Å². The smallest absolute Gasteiger partial charge is 0.150 e. The maximum atomic E-state index is 11.3. The van der Waals surface area contributed by atoms with E-state index < -0.39 is 0 Å². The predicted octanol–water partition coefficient (Wildman–Crippen LogP) is 5.09. The van der Waals surface area contributed by atoms with Crippen LogP contribution in [0.3, 0.4) is 0 Å². The van der Waals surface area contributed by atoms with Crippen LogP contribution in [0.4, 0.5) is 0 Å². The van der Waals surface area contributed by atoms with Crippen LogP contribution in [0, 0.1) is 0 Å². The average Bonchev–Trinajstić information content (AvgIpc) is 3.08. The summed E-state index contributed by atoms with van der Waals surface area (Å²) in [4.78, 5) is 11.3. The van der Waals surface area contributed by atoms with E-state index in [0.717, 1.165) is 22.8 Å². The fourth-order valence-corrected chi connectivity index (χ4v) is 3.32. The lowest BCUT2D eigenvalue weighted by Gasteiger charge is -2.21. The number of fused-ring (bicyclic) bond motifs is 1. The third-order valence-corrected chi connectivity index (χ3v) is 4.43. The summed E-state index contributed by atoms with van der Waals surface area (Å²) in [5.41, 5.74) is 4.24. The number of hydrogen-bond acceptors (Lipinski definition) is 1. The second kappa shape index (κ2) is 6.17. The zero-order valence-corrected chi connectivity index (χ0v) is 13.2. The quantitative estimate of drug-likeness (QED) is 0.481. The lowest BCUT2D eigenvalue weighted by Crippen LogP contribution is -2.11. The zero-order valence-electron chi connectivity index (χ0n) is 13.2. The standard InChI is InChI=1S/C22H17NO/c24-16-19-12-7-13-21-20(19)14-15-23(21)22(17-8-3-1-4-9-17)18-10-5-2-6-11-18/h1-16,22H. The number of benzene rings is 3. The van der Waals surface area contributed by atoms with Gasteiger partial charge in [-0.15, -0.1) is 0 Å². The highest BCUT2D eigenvalue weighted by atomic mass is 16.1. The van der Waals surface area contributed by atoms with E-state index in [1.807, 2.05) is 30.3 Å². The molecule has 0 amide bonds. The Morgan fingerprint density at radius 2 is 1.33 bits per heavy atom. The van der Waals surface area contributed by atoms with Gasteiger partial charge in [0.25, 0.3) is 0 Å². The second-order valence-electron chi connectivity index (χ2n) is 5.84. The summed E-state index contributed by atoms with van der Waals surface area (Å²) >= 11 is 0. The van der Waals surface area contributed by atoms with Crippen molar-refractivity contribution in [1.29, 1.82) is 0 Å². The zero-order chi connectivity index (χ0) is 16.4. The minimum Gasteiger partial charge on any atom is -0.336 e. The highest BCUT2D eigenvalue weighted by molar-refractivity contribution is 5.97. The molecule has 1 aromatic heterocycles. The predicted molar refractivity (Wildman–Crippen MR) is 97.5 cm³/mol. The third kappa shape index (κ3) is 2.42. The van der Waals surface area contributed by atoms with Crippen molar-refractivity contribution in [3.05, 3.63) is 108 Å². The molecule has 1 heterocycles. The van der Waals surface area contributed by atoms with Crippen LogP contribution < -0.4 is 0 Å². The van der Waals surface area contributed by atoms with Gasteiger partial charge in [0.15, 0.2) is 6.29 Å². The lowest BCUT2D eigenvalue weighted by molar-refractivity contribution is 0.112. The van der Waals surface area contributed by atoms with E-state index in [-0.39, 0.29) is 6.04 Å². The molecule has 0 aliphatic rings. The molecule has 0 unspecified atom stereocenters. The SMILES string of the molecule is O=Cc1cccc2c1ccn2C(c1ccccc1)c1ccccc1. The molecule has 0 radical (unpaired) electrons. The van der Waals surface area contributed by atoms with Crippen LogP contribution in [0.2, 0.25) is 0 Å². The van der Waals surface area contributed by atoms with Crippen LogP contribution in [-0.2, 0) is 0 Å². The number of rotatable bonds is 4. The fourth-order valence-electron chi connectivity index (χ4n) is 3.32. The van der Waals surface area contributed by atoms with Crippen LogP contribution in [0.5, 0.6) is 0 Å². The molecule has 4 aromatic rings. The molecule has 0 saturated heterocycles. The summed E-state index contributed by atoms with van der Waals surface area (Å²) in [5.74, 6) is 0. The summed E-state index contributed by atoms with van der Waals surface area (Å²) in [6, 6.07) is 28.9. The summed E-state index contributed by atoms with van der Waals surface area (Å²) in [6.07, 6.45) is 3.00. The van der Waals surface area contributed by atoms with E-state index in [2.05, 4.69) is 65.4 Å². The molecule has 2 nitrogen and oxygen atoms in total. The maximum Gasteiger partial charge on any atom is 0.150 e. The van der Waals surface area contributed by atoms with Crippen LogP contribution >= 0.6 is 0 Å². The molecule has 0 N–H and O–H groups in total. The van der Waals surface area contributed by atoms with Gasteiger partial charge in [0.1, 0.15) is 0 Å². The normalized spacial score (nSPS) is 11.0. The van der Waals surface area contributed by atoms with Crippen molar-refractivity contribution in [2.75, 3.05) is 0 Å². The van der Waals surface area contributed by atoms with E-state index in [4.69, 9.17) is 0 Å². The van der Waals surface area contributed by atoms with Gasteiger partial charge in [-0.05, 0) is 23.3 Å². The Balaban J connectivity index is 1.97. The minimum absolute atomic E-state index is 0.0757. The first kappa shape index (κ1) is 14.5. The van der Waals surface area contributed by atoms with Gasteiger partial charge in [-0.25, -0.2) is 0 Å². The first-order valence-electron chi connectivity index (χ1n) is 8.03. The molecule has 3 aromatic carbocycles. The number of hydrogen-bond donors (Lipinski definition) is 0. The van der Waals surface area contributed by atoms with Crippen molar-refractivity contribution in [2.45, 2.75) is 6.04 Å². The first-order valence-corrected chi connectivity index (χ1v) is 8.03. The largest absolute Gasteiger partial charge is 0.336 e. The Labute approximate surface area is 141 Å². The van der Waals surface area contributed by atoms with E-state index in [0.29, 0.717) is 0 Å². The summed E-state index contributed by atoms with van der Waals surface area (Å²) in [7, 11) is 0. The molecular formula is C22H17NO. The molecule has 0 aliphatic heterocycles. The second-order valence-corrected chi connectivity index (χ2v) is 5.84. The molecular weight excluding hydrogens is 294 g/mol. The minimum atomic E-state index is 0.0757. The topological polar surface area (TPSA) is 22.0 Å². The van der Waals surface area contributed by atoms with Crippen LogP contribution in [0.15, 0.2) is 91.1 Å². The maximum absolute atomic E-state index is 11.3. The first-order chi connectivity index (χ1) is 11.9. The van der Waals surface area contributed by atoms with Crippen LogP contribution in [0.25, 0.3) is 10.9 Å². The van der Waals surface area contributed by atoms with E-state index in [1.54, 1.807) is 0 Å². The molecule has 0 fully saturated rings. The van der Waals surface area contributed by atoms with E-state index >= 15 is 0 Å². The van der Waals surface area contributed by atoms with Gasteiger partial charge >= 0.3 is 0 Å². The van der Waals surface area contributed by atoms with Gasteiger partial charge in [0.05, 0.1) is 6.04 Å². The molecule has 0 bridgehead atoms. The van der Waals surface area contributed by atoms with Crippen molar-refractivity contribution in [3.8, 4) is 0 Å². The lowest BCUT2D eigenvalue weighted by atomic mass is 9.98. The monoisotopic (exact) mass is 311 g/mol. The molecule has 4 rings (SSSR count). The third-order valence-electron chi connectivity index (χ3n) is 4.43. The van der Waals surface area contributed by atoms with Gasteiger partial charge in [-0.1, -0.05) is 72.8 Å². The van der Waals surface area contributed by atoms with Crippen molar-refractivity contribution >= 4 is 17.2 Å². The molecule has 116 valence electrons. The summed E-state index contributed by atoms with van der Waals surface area (Å²) < 4.78 is 2.24. The molecule has 24 heavy (non-hydrogen) atoms. The van der Waals surface area contributed by atoms with Crippen molar-refractivity contribution < 1.29 is 4.79 Å². The number of aldehydes is 1. The van der Waals surface area contributed by atoms with Gasteiger partial charge in [0, 0.05) is 22.7 Å². The number of carbonyl (C=O) groups is 1. The highest BCUT2D eigenvalue weighted by Gasteiger charge is 2.18. The summed E-state index contributed by atoms with van der Waals surface area (Å²) in [6.45, 7) is 0. The van der Waals surface area contributed by atoms with Crippen molar-refractivity contribution in [2.24, 2.45) is 0 Å². The molecule has 0 aliphatic carbocycles. The Hall–Kier alpha value is -3.13.